The molecular weight excluding hydrogens is 353 g/mol. The van der Waals surface area contributed by atoms with Crippen molar-refractivity contribution in [1.82, 2.24) is 14.6 Å². The van der Waals surface area contributed by atoms with E-state index >= 15 is 0 Å². The van der Waals surface area contributed by atoms with Crippen LogP contribution in [0.3, 0.4) is 0 Å². The number of rotatable bonds is 5. The Morgan fingerprint density at radius 3 is 2.67 bits per heavy atom. The molecule has 0 amide bonds. The number of pyridine rings is 1. The summed E-state index contributed by atoms with van der Waals surface area (Å²) in [6.07, 6.45) is 2.76. The van der Waals surface area contributed by atoms with Crippen molar-refractivity contribution >= 4 is 17.4 Å². The van der Waals surface area contributed by atoms with Gasteiger partial charge in [0.1, 0.15) is 23.1 Å². The second-order valence-corrected chi connectivity index (χ2v) is 6.62. The molecule has 1 aliphatic carbocycles. The van der Waals surface area contributed by atoms with Gasteiger partial charge >= 0.3 is 5.97 Å². The molecule has 0 spiro atoms. The molecule has 1 aromatic carbocycles. The van der Waals surface area contributed by atoms with Gasteiger partial charge in [0.05, 0.1) is 12.1 Å². The summed E-state index contributed by atoms with van der Waals surface area (Å²) in [6, 6.07) is 6.12. The third kappa shape index (κ3) is 3.14. The minimum absolute atomic E-state index is 0.0612. The van der Waals surface area contributed by atoms with Crippen molar-refractivity contribution in [3.63, 3.8) is 0 Å². The molecule has 0 bridgehead atoms. The highest BCUT2D eigenvalue weighted by Crippen LogP contribution is 2.41. The van der Waals surface area contributed by atoms with E-state index in [1.54, 1.807) is 6.07 Å². The predicted octanol–water partition coefficient (Wildman–Crippen LogP) is 2.02. The third-order valence-electron chi connectivity index (χ3n) is 4.70. The Morgan fingerprint density at radius 2 is 2.00 bits per heavy atom. The molecule has 1 aliphatic rings. The second kappa shape index (κ2) is 6.46. The topological polar surface area (TPSA) is 105 Å². The van der Waals surface area contributed by atoms with E-state index in [2.05, 4.69) is 10.1 Å². The zero-order chi connectivity index (χ0) is 19.1. The minimum atomic E-state index is -1.10. The highest BCUT2D eigenvalue weighted by atomic mass is 19.1. The Morgan fingerprint density at radius 1 is 1.22 bits per heavy atom. The van der Waals surface area contributed by atoms with Gasteiger partial charge < -0.3 is 10.2 Å². The number of fused-ring (bicyclic) bond motifs is 1. The lowest BCUT2D eigenvalue weighted by molar-refractivity contribution is -0.136. The van der Waals surface area contributed by atoms with E-state index in [-0.39, 0.29) is 40.7 Å². The zero-order valence-electron chi connectivity index (χ0n) is 14.2. The second-order valence-electron chi connectivity index (χ2n) is 6.62. The number of aromatic nitrogens is 3. The van der Waals surface area contributed by atoms with Gasteiger partial charge in [-0.05, 0) is 36.5 Å². The maximum Gasteiger partial charge on any atom is 0.303 e. The Labute approximate surface area is 152 Å². The number of carboxylic acids is 1. The summed E-state index contributed by atoms with van der Waals surface area (Å²) in [6.45, 7) is 0. The summed E-state index contributed by atoms with van der Waals surface area (Å²) in [5, 5.41) is 22.9. The normalized spacial score (nSPS) is 15.1. The minimum Gasteiger partial charge on any atom is -0.511 e. The van der Waals surface area contributed by atoms with Gasteiger partial charge in [0, 0.05) is 18.1 Å². The maximum atomic E-state index is 14.7. The number of nitrogens with zero attached hydrogens (tertiary/aromatic N) is 3. The highest BCUT2D eigenvalue weighted by molar-refractivity contribution is 5.69. The molecule has 1 fully saturated rings. The number of aliphatic hydroxyl groups excluding tert-OH is 1. The van der Waals surface area contributed by atoms with Gasteiger partial charge in [-0.25, -0.2) is 13.9 Å². The molecule has 8 heteroatoms. The first-order chi connectivity index (χ1) is 13.0. The number of benzene rings is 1. The largest absolute Gasteiger partial charge is 0.511 e. The monoisotopic (exact) mass is 369 g/mol. The summed E-state index contributed by atoms with van der Waals surface area (Å²) in [4.78, 5) is 27.3. The van der Waals surface area contributed by atoms with Gasteiger partial charge in [0.2, 0.25) is 0 Å². The van der Waals surface area contributed by atoms with Crippen molar-refractivity contribution in [2.45, 2.75) is 31.6 Å². The summed E-state index contributed by atoms with van der Waals surface area (Å²) >= 11 is 0. The Kier molecular flexibility index (Phi) is 4.10. The van der Waals surface area contributed by atoms with E-state index in [1.807, 2.05) is 6.07 Å². The van der Waals surface area contributed by atoms with Crippen LogP contribution >= 0.6 is 0 Å². The fourth-order valence-corrected chi connectivity index (χ4v) is 3.18. The van der Waals surface area contributed by atoms with E-state index in [4.69, 9.17) is 5.11 Å². The molecular formula is C19H16FN3O4. The predicted molar refractivity (Wildman–Crippen MR) is 94.8 cm³/mol. The molecule has 138 valence electrons. The SMILES string of the molecule is O=C(O)CCC(O)=c1c(=O)cc(-c2ccc(C3CC3)cc2F)n2ncnc12. The lowest BCUT2D eigenvalue weighted by atomic mass is 10.0. The molecule has 0 aliphatic heterocycles. The van der Waals surface area contributed by atoms with Crippen LogP contribution in [-0.4, -0.2) is 30.8 Å². The molecule has 3 aromatic rings. The molecule has 7 nitrogen and oxygen atoms in total. The molecule has 2 heterocycles. The van der Waals surface area contributed by atoms with Crippen molar-refractivity contribution in [3.05, 3.63) is 57.4 Å². The number of hydrogen-bond donors (Lipinski definition) is 2. The van der Waals surface area contributed by atoms with Gasteiger partial charge in [-0.2, -0.15) is 5.10 Å². The fraction of sp³-hybridized carbons (Fsp3) is 0.263. The van der Waals surface area contributed by atoms with E-state index in [0.717, 1.165) is 18.4 Å². The zero-order valence-corrected chi connectivity index (χ0v) is 14.2. The lowest BCUT2D eigenvalue weighted by Gasteiger charge is -2.08. The summed E-state index contributed by atoms with van der Waals surface area (Å²) in [7, 11) is 0. The number of carboxylic acid groups (broad SMARTS) is 1. The van der Waals surface area contributed by atoms with E-state index in [9.17, 15) is 19.1 Å². The summed E-state index contributed by atoms with van der Waals surface area (Å²) in [5.41, 5.74) is 0.862. The number of hydrogen-bond acceptors (Lipinski definition) is 5. The molecule has 2 N–H and O–H groups in total. The van der Waals surface area contributed by atoms with E-state index in [0.29, 0.717) is 5.92 Å². The van der Waals surface area contributed by atoms with Crippen molar-refractivity contribution in [2.24, 2.45) is 0 Å². The quantitative estimate of drug-likeness (QED) is 0.713. The number of aliphatic hydroxyl groups is 1. The Hall–Kier alpha value is -3.29. The van der Waals surface area contributed by atoms with Crippen LogP contribution in [0.25, 0.3) is 22.7 Å². The average Bonchev–Trinajstić information content (AvgIpc) is 3.37. The number of aliphatic carboxylic acids is 1. The average molecular weight is 369 g/mol. The standard InChI is InChI=1S/C19H16FN3O4/c20-13-7-11(10-1-2-10)3-4-12(13)14-8-16(25)18(15(24)5-6-17(26)27)19-21-9-22-23(14)19/h3-4,7-10,24H,1-2,5-6H2,(H,26,27). The van der Waals surface area contributed by atoms with Gasteiger partial charge in [0.25, 0.3) is 0 Å². The van der Waals surface area contributed by atoms with Gasteiger partial charge in [-0.3, -0.25) is 9.59 Å². The number of carbonyl (C=O) groups is 1. The highest BCUT2D eigenvalue weighted by Gasteiger charge is 2.25. The Bertz CT molecular complexity index is 1170. The molecule has 0 radical (unpaired) electrons. The lowest BCUT2D eigenvalue weighted by Crippen LogP contribution is -2.30. The van der Waals surface area contributed by atoms with Crippen molar-refractivity contribution in [1.29, 1.82) is 0 Å². The molecule has 0 atom stereocenters. The number of halogens is 1. The molecule has 0 saturated heterocycles. The smallest absolute Gasteiger partial charge is 0.303 e. The third-order valence-corrected chi connectivity index (χ3v) is 4.70. The van der Waals surface area contributed by atoms with Crippen molar-refractivity contribution in [3.8, 4) is 11.3 Å². The molecule has 27 heavy (non-hydrogen) atoms. The van der Waals surface area contributed by atoms with Gasteiger partial charge in [-0.1, -0.05) is 6.07 Å². The van der Waals surface area contributed by atoms with Crippen LogP contribution in [-0.2, 0) is 4.79 Å². The van der Waals surface area contributed by atoms with E-state index in [1.165, 1.54) is 23.0 Å². The molecule has 1 saturated carbocycles. The first-order valence-electron chi connectivity index (χ1n) is 8.56. The molecule has 0 unspecified atom stereocenters. The van der Waals surface area contributed by atoms with Gasteiger partial charge in [0.15, 0.2) is 11.1 Å². The Balaban J connectivity index is 1.89. The van der Waals surface area contributed by atoms with Crippen LogP contribution in [0.15, 0.2) is 35.4 Å². The van der Waals surface area contributed by atoms with Crippen LogP contribution < -0.4 is 10.6 Å². The fourth-order valence-electron chi connectivity index (χ4n) is 3.18. The van der Waals surface area contributed by atoms with E-state index < -0.39 is 17.2 Å². The summed E-state index contributed by atoms with van der Waals surface area (Å²) < 4.78 is 16.0. The molecule has 2 aromatic heterocycles. The van der Waals surface area contributed by atoms with Crippen LogP contribution in [0.1, 0.15) is 37.2 Å². The molecule has 4 rings (SSSR count). The van der Waals surface area contributed by atoms with Crippen LogP contribution in [0.4, 0.5) is 4.39 Å². The first kappa shape index (κ1) is 17.1. The van der Waals surface area contributed by atoms with Crippen LogP contribution in [0.5, 0.6) is 0 Å². The van der Waals surface area contributed by atoms with Crippen molar-refractivity contribution in [2.75, 3.05) is 0 Å². The first-order valence-corrected chi connectivity index (χ1v) is 8.56. The van der Waals surface area contributed by atoms with Gasteiger partial charge in [-0.15, -0.1) is 0 Å². The van der Waals surface area contributed by atoms with Crippen LogP contribution in [0.2, 0.25) is 0 Å². The van der Waals surface area contributed by atoms with Crippen LogP contribution in [0, 0.1) is 5.82 Å². The van der Waals surface area contributed by atoms with Crippen molar-refractivity contribution < 1.29 is 19.4 Å². The summed E-state index contributed by atoms with van der Waals surface area (Å²) in [5.74, 6) is -1.53. The maximum absolute atomic E-state index is 14.7.